The number of benzene rings is 2. The summed E-state index contributed by atoms with van der Waals surface area (Å²) in [4.78, 5) is 14.5. The molecule has 0 aromatic heterocycles. The highest BCUT2D eigenvalue weighted by Gasteiger charge is 2.28. The molecule has 2 aromatic carbocycles. The molecule has 27 heavy (non-hydrogen) atoms. The van der Waals surface area contributed by atoms with Crippen LogP contribution in [0.25, 0.3) is 0 Å². The van der Waals surface area contributed by atoms with Crippen molar-refractivity contribution in [2.75, 3.05) is 23.1 Å². The van der Waals surface area contributed by atoms with E-state index in [4.69, 9.17) is 23.2 Å². The van der Waals surface area contributed by atoms with Crippen LogP contribution in [-0.4, -0.2) is 38.1 Å². The number of sulfonamides is 1. The van der Waals surface area contributed by atoms with Crippen molar-refractivity contribution in [2.45, 2.75) is 19.9 Å². The first-order valence-corrected chi connectivity index (χ1v) is 11.0. The van der Waals surface area contributed by atoms with Crippen molar-refractivity contribution in [3.8, 4) is 0 Å². The molecule has 2 aromatic rings. The summed E-state index contributed by atoms with van der Waals surface area (Å²) in [6, 6.07) is 12.0. The lowest BCUT2D eigenvalue weighted by atomic mass is 10.1. The van der Waals surface area contributed by atoms with Gasteiger partial charge in [-0.2, -0.15) is 0 Å². The minimum absolute atomic E-state index is 0.126. The number of halogens is 2. The van der Waals surface area contributed by atoms with Crippen molar-refractivity contribution in [1.82, 2.24) is 4.90 Å². The SMILES string of the molecule is CCN(Cc1ccc(Cl)c(Cl)c1)C(=O)c1ccc(N2CCCS2(=O)=O)cc1. The van der Waals surface area contributed by atoms with Crippen LogP contribution in [0.2, 0.25) is 10.0 Å². The predicted molar refractivity (Wildman–Crippen MR) is 109 cm³/mol. The average molecular weight is 427 g/mol. The summed E-state index contributed by atoms with van der Waals surface area (Å²) in [7, 11) is -3.23. The number of rotatable bonds is 5. The van der Waals surface area contributed by atoms with Gasteiger partial charge in [-0.15, -0.1) is 0 Å². The van der Waals surface area contributed by atoms with Crippen molar-refractivity contribution in [1.29, 1.82) is 0 Å². The summed E-state index contributed by atoms with van der Waals surface area (Å²) < 4.78 is 25.4. The number of anilines is 1. The Bertz CT molecular complexity index is 946. The van der Waals surface area contributed by atoms with Crippen molar-refractivity contribution >= 4 is 44.8 Å². The van der Waals surface area contributed by atoms with Crippen molar-refractivity contribution in [3.63, 3.8) is 0 Å². The first-order valence-electron chi connectivity index (χ1n) is 8.65. The van der Waals surface area contributed by atoms with Crippen LogP contribution in [0.1, 0.15) is 29.3 Å². The topological polar surface area (TPSA) is 57.7 Å². The van der Waals surface area contributed by atoms with Crippen molar-refractivity contribution in [3.05, 3.63) is 63.6 Å². The Morgan fingerprint density at radius 3 is 2.37 bits per heavy atom. The molecule has 1 aliphatic rings. The quantitative estimate of drug-likeness (QED) is 0.719. The molecule has 0 unspecified atom stereocenters. The highest BCUT2D eigenvalue weighted by atomic mass is 35.5. The van der Waals surface area contributed by atoms with E-state index in [1.54, 1.807) is 41.3 Å². The fourth-order valence-corrected chi connectivity index (χ4v) is 4.95. The molecule has 3 rings (SSSR count). The van der Waals surface area contributed by atoms with Crippen LogP contribution in [0.15, 0.2) is 42.5 Å². The second kappa shape index (κ2) is 8.09. The minimum atomic E-state index is -3.23. The third-order valence-electron chi connectivity index (χ3n) is 4.53. The molecule has 8 heteroatoms. The van der Waals surface area contributed by atoms with Gasteiger partial charge in [0, 0.05) is 25.2 Å². The monoisotopic (exact) mass is 426 g/mol. The summed E-state index contributed by atoms with van der Waals surface area (Å²) in [5.41, 5.74) is 1.99. The molecule has 1 fully saturated rings. The van der Waals surface area contributed by atoms with E-state index in [0.29, 0.717) is 47.4 Å². The molecule has 0 bridgehead atoms. The molecule has 1 aliphatic heterocycles. The van der Waals surface area contributed by atoms with Crippen LogP contribution in [-0.2, 0) is 16.6 Å². The zero-order valence-electron chi connectivity index (χ0n) is 14.9. The van der Waals surface area contributed by atoms with Gasteiger partial charge in [0.25, 0.3) is 5.91 Å². The maximum absolute atomic E-state index is 12.8. The standard InChI is InChI=1S/C19H20Cl2N2O3S/c1-2-22(13-14-4-9-17(20)18(21)12-14)19(24)15-5-7-16(8-6-15)23-10-3-11-27(23,25)26/h4-9,12H,2-3,10-11,13H2,1H3. The molecule has 1 saturated heterocycles. The largest absolute Gasteiger partial charge is 0.335 e. The van der Waals surface area contributed by atoms with Crippen molar-refractivity contribution < 1.29 is 13.2 Å². The van der Waals surface area contributed by atoms with Gasteiger partial charge >= 0.3 is 0 Å². The molecular formula is C19H20Cl2N2O3S. The lowest BCUT2D eigenvalue weighted by Gasteiger charge is -2.22. The van der Waals surface area contributed by atoms with Crippen LogP contribution in [0.4, 0.5) is 5.69 Å². The van der Waals surface area contributed by atoms with Gasteiger partial charge in [0.1, 0.15) is 0 Å². The number of nitrogens with zero attached hydrogens (tertiary/aromatic N) is 2. The van der Waals surface area contributed by atoms with E-state index in [-0.39, 0.29) is 11.7 Å². The first kappa shape index (κ1) is 20.0. The molecule has 1 amide bonds. The van der Waals surface area contributed by atoms with Crippen LogP contribution in [0, 0.1) is 0 Å². The summed E-state index contributed by atoms with van der Waals surface area (Å²) in [5.74, 6) is 0.0421. The van der Waals surface area contributed by atoms with Crippen LogP contribution >= 0.6 is 23.2 Å². The number of hydrogen-bond acceptors (Lipinski definition) is 3. The summed E-state index contributed by atoms with van der Waals surface area (Å²) in [5, 5.41) is 0.927. The molecule has 0 spiro atoms. The Kier molecular flexibility index (Phi) is 5.99. The van der Waals surface area contributed by atoms with Gasteiger partial charge in [-0.05, 0) is 55.3 Å². The van der Waals surface area contributed by atoms with Crippen LogP contribution < -0.4 is 4.31 Å². The number of carbonyl (C=O) groups excluding carboxylic acids is 1. The van der Waals surface area contributed by atoms with Gasteiger partial charge < -0.3 is 4.90 Å². The van der Waals surface area contributed by atoms with E-state index in [9.17, 15) is 13.2 Å². The van der Waals surface area contributed by atoms with Crippen molar-refractivity contribution in [2.24, 2.45) is 0 Å². The van der Waals surface area contributed by atoms with E-state index in [2.05, 4.69) is 0 Å². The third-order valence-corrected chi connectivity index (χ3v) is 7.14. The number of hydrogen-bond donors (Lipinski definition) is 0. The van der Waals surface area contributed by atoms with Crippen LogP contribution in [0.5, 0.6) is 0 Å². The highest BCUT2D eigenvalue weighted by molar-refractivity contribution is 7.93. The van der Waals surface area contributed by atoms with E-state index in [0.717, 1.165) is 5.56 Å². The summed E-state index contributed by atoms with van der Waals surface area (Å²) >= 11 is 12.0. The molecular weight excluding hydrogens is 407 g/mol. The Morgan fingerprint density at radius 2 is 1.81 bits per heavy atom. The van der Waals surface area contributed by atoms with Gasteiger partial charge in [-0.3, -0.25) is 9.10 Å². The third kappa shape index (κ3) is 4.39. The Hall–Kier alpha value is -1.76. The molecule has 0 N–H and O–H groups in total. The minimum Gasteiger partial charge on any atom is -0.335 e. The smallest absolute Gasteiger partial charge is 0.254 e. The molecule has 0 saturated carbocycles. The summed E-state index contributed by atoms with van der Waals surface area (Å²) in [6.45, 7) is 3.32. The summed E-state index contributed by atoms with van der Waals surface area (Å²) in [6.07, 6.45) is 0.621. The van der Waals surface area contributed by atoms with E-state index >= 15 is 0 Å². The molecule has 1 heterocycles. The zero-order chi connectivity index (χ0) is 19.6. The maximum atomic E-state index is 12.8. The fraction of sp³-hybridized carbons (Fsp3) is 0.316. The molecule has 0 aliphatic carbocycles. The molecule has 144 valence electrons. The Balaban J connectivity index is 1.76. The molecule has 0 radical (unpaired) electrons. The maximum Gasteiger partial charge on any atom is 0.254 e. The average Bonchev–Trinajstić information content (AvgIpc) is 3.01. The zero-order valence-corrected chi connectivity index (χ0v) is 17.2. The lowest BCUT2D eigenvalue weighted by molar-refractivity contribution is 0.0752. The van der Waals surface area contributed by atoms with Crippen LogP contribution in [0.3, 0.4) is 0 Å². The fourth-order valence-electron chi connectivity index (χ4n) is 3.07. The number of amides is 1. The van der Waals surface area contributed by atoms with E-state index in [1.807, 2.05) is 13.0 Å². The predicted octanol–water partition coefficient (Wildman–Crippen LogP) is 4.20. The molecule has 0 atom stereocenters. The van der Waals surface area contributed by atoms with Gasteiger partial charge in [0.15, 0.2) is 0 Å². The second-order valence-electron chi connectivity index (χ2n) is 6.36. The number of carbonyl (C=O) groups is 1. The highest BCUT2D eigenvalue weighted by Crippen LogP contribution is 2.26. The first-order chi connectivity index (χ1) is 12.8. The normalized spacial score (nSPS) is 15.7. The Morgan fingerprint density at radius 1 is 1.11 bits per heavy atom. The second-order valence-corrected chi connectivity index (χ2v) is 9.18. The Labute approximate surface area is 169 Å². The van der Waals surface area contributed by atoms with Gasteiger partial charge in [0.05, 0.1) is 21.5 Å². The molecule has 5 nitrogen and oxygen atoms in total. The van der Waals surface area contributed by atoms with E-state index in [1.165, 1.54) is 4.31 Å². The van der Waals surface area contributed by atoms with Gasteiger partial charge in [-0.1, -0.05) is 29.3 Å². The lowest BCUT2D eigenvalue weighted by Crippen LogP contribution is -2.30. The van der Waals surface area contributed by atoms with Gasteiger partial charge in [-0.25, -0.2) is 8.42 Å². The van der Waals surface area contributed by atoms with Gasteiger partial charge in [0.2, 0.25) is 10.0 Å². The van der Waals surface area contributed by atoms with E-state index < -0.39 is 10.0 Å².